The Morgan fingerprint density at radius 1 is 0.412 bits per heavy atom. The van der Waals surface area contributed by atoms with Crippen LogP contribution >= 0.6 is 0 Å². The number of carboxylic acid groups (broad SMARTS) is 2. The Balaban J connectivity index is -0.000000438. The van der Waals surface area contributed by atoms with Crippen LogP contribution in [0.3, 0.4) is 0 Å². The molecule has 0 aromatic carbocycles. The summed E-state index contributed by atoms with van der Waals surface area (Å²) >= 11 is 0. The largest absolute Gasteiger partial charge is 0.478 e. The number of ether oxygens (including phenoxy) is 6. The highest BCUT2D eigenvalue weighted by atomic mass is 16.6. The maximum absolute atomic E-state index is 9.55. The van der Waals surface area contributed by atoms with Gasteiger partial charge in [0.25, 0.3) is 0 Å². The zero-order chi connectivity index (χ0) is 26.1. The second-order valence-corrected chi connectivity index (χ2v) is 5.58. The fourth-order valence-electron chi connectivity index (χ4n) is 1.48. The molecule has 14 nitrogen and oxygen atoms in total. The lowest BCUT2D eigenvalue weighted by molar-refractivity contribution is -0.134. The van der Waals surface area contributed by atoms with Gasteiger partial charge in [0.15, 0.2) is 0 Å². The molecule has 14 heteroatoms. The molecule has 0 spiro atoms. The van der Waals surface area contributed by atoms with Gasteiger partial charge in [0.05, 0.1) is 106 Å². The predicted octanol–water partition coefficient (Wildman–Crippen LogP) is -2.25. The van der Waals surface area contributed by atoms with Gasteiger partial charge in [0, 0.05) is 12.2 Å². The van der Waals surface area contributed by atoms with Gasteiger partial charge in [-0.1, -0.05) is 0 Å². The fraction of sp³-hybridized carbons (Fsp3) is 0.800. The number of aliphatic hydroxyl groups is 4. The number of aliphatic hydroxyl groups excluding tert-OH is 4. The Kier molecular flexibility index (Phi) is 38.9. The van der Waals surface area contributed by atoms with Crippen molar-refractivity contribution < 1.29 is 68.6 Å². The van der Waals surface area contributed by atoms with Crippen LogP contribution in [0.25, 0.3) is 0 Å². The highest BCUT2D eigenvalue weighted by molar-refractivity contribution is 5.89. The summed E-state index contributed by atoms with van der Waals surface area (Å²) in [5.74, 6) is -2.51. The van der Waals surface area contributed by atoms with E-state index in [1.54, 1.807) is 0 Å². The first kappa shape index (κ1) is 36.8. The monoisotopic (exact) mass is 504 g/mol. The lowest BCUT2D eigenvalue weighted by atomic mass is 10.5. The van der Waals surface area contributed by atoms with Gasteiger partial charge >= 0.3 is 11.9 Å². The quantitative estimate of drug-likeness (QED) is 0.0679. The second-order valence-electron chi connectivity index (χ2n) is 5.58. The highest BCUT2D eigenvalue weighted by Crippen LogP contribution is 1.81. The van der Waals surface area contributed by atoms with Crippen LogP contribution in [0, 0.1) is 0 Å². The van der Waals surface area contributed by atoms with E-state index in [4.69, 9.17) is 59.1 Å². The summed E-state index contributed by atoms with van der Waals surface area (Å²) in [4.78, 5) is 19.1. The Bertz CT molecular complexity index is 375. The highest BCUT2D eigenvalue weighted by Gasteiger charge is 1.91. The number of aliphatic carboxylic acids is 2. The van der Waals surface area contributed by atoms with E-state index in [1.807, 2.05) is 0 Å². The zero-order valence-corrected chi connectivity index (χ0v) is 19.4. The van der Waals surface area contributed by atoms with Crippen molar-refractivity contribution in [2.75, 3.05) is 106 Å². The summed E-state index contributed by atoms with van der Waals surface area (Å²) in [5, 5.41) is 49.1. The minimum absolute atomic E-state index is 0.0413. The van der Waals surface area contributed by atoms with Crippen LogP contribution in [0.5, 0.6) is 0 Å². The molecule has 204 valence electrons. The Hall–Kier alpha value is -1.72. The van der Waals surface area contributed by atoms with Crippen molar-refractivity contribution >= 4 is 11.9 Å². The molecule has 0 rings (SSSR count). The molecular formula is C20H40O14. The molecule has 0 saturated carbocycles. The van der Waals surface area contributed by atoms with E-state index in [0.717, 1.165) is 0 Å². The summed E-state index contributed by atoms with van der Waals surface area (Å²) in [5.41, 5.74) is 0. The van der Waals surface area contributed by atoms with Crippen molar-refractivity contribution in [3.8, 4) is 0 Å². The summed E-state index contributed by atoms with van der Waals surface area (Å²) in [6.45, 7) is 5.53. The van der Waals surface area contributed by atoms with Crippen LogP contribution < -0.4 is 0 Å². The summed E-state index contributed by atoms with van der Waals surface area (Å²) < 4.78 is 30.0. The molecule has 0 fully saturated rings. The first-order valence-electron chi connectivity index (χ1n) is 10.5. The first-order chi connectivity index (χ1) is 16.5. The molecule has 0 amide bonds. The number of carbonyl (C=O) groups is 2. The third kappa shape index (κ3) is 47.9. The molecule has 0 aromatic rings. The molecule has 0 aliphatic heterocycles. The van der Waals surface area contributed by atoms with E-state index in [-0.39, 0.29) is 26.4 Å². The van der Waals surface area contributed by atoms with Crippen LogP contribution in [-0.4, -0.2) is 148 Å². The van der Waals surface area contributed by atoms with E-state index < -0.39 is 11.9 Å². The van der Waals surface area contributed by atoms with Crippen LogP contribution in [-0.2, 0) is 38.0 Å². The molecule has 0 aromatic heterocycles. The molecule has 34 heavy (non-hydrogen) atoms. The van der Waals surface area contributed by atoms with E-state index in [9.17, 15) is 9.59 Å². The van der Waals surface area contributed by atoms with Crippen molar-refractivity contribution in [3.05, 3.63) is 12.2 Å². The van der Waals surface area contributed by atoms with Gasteiger partial charge < -0.3 is 59.1 Å². The third-order valence-corrected chi connectivity index (χ3v) is 2.80. The van der Waals surface area contributed by atoms with E-state index >= 15 is 0 Å². The molecule has 0 aliphatic rings. The minimum atomic E-state index is -1.26. The maximum atomic E-state index is 9.55. The van der Waals surface area contributed by atoms with Crippen molar-refractivity contribution in [2.45, 2.75) is 0 Å². The van der Waals surface area contributed by atoms with Gasteiger partial charge in [-0.25, -0.2) is 9.59 Å². The Morgan fingerprint density at radius 2 is 0.588 bits per heavy atom. The van der Waals surface area contributed by atoms with Crippen LogP contribution in [0.15, 0.2) is 12.2 Å². The lowest BCUT2D eigenvalue weighted by Crippen LogP contribution is -2.11. The summed E-state index contributed by atoms with van der Waals surface area (Å²) in [6, 6.07) is 0. The van der Waals surface area contributed by atoms with Gasteiger partial charge in [0.1, 0.15) is 0 Å². The van der Waals surface area contributed by atoms with Crippen LogP contribution in [0.2, 0.25) is 0 Å². The van der Waals surface area contributed by atoms with Crippen molar-refractivity contribution in [1.82, 2.24) is 0 Å². The zero-order valence-electron chi connectivity index (χ0n) is 19.4. The fourth-order valence-corrected chi connectivity index (χ4v) is 1.48. The predicted molar refractivity (Wildman–Crippen MR) is 118 cm³/mol. The molecule has 0 aliphatic carbocycles. The van der Waals surface area contributed by atoms with Crippen molar-refractivity contribution in [2.24, 2.45) is 0 Å². The van der Waals surface area contributed by atoms with Gasteiger partial charge in [-0.05, 0) is 0 Å². The standard InChI is InChI=1S/2C8H18O5.C4H4O4/c2*9-1-3-11-5-7-13-8-6-12-4-2-10;5-3(6)1-2-4(7)8/h2*9-10H,1-8H2;1-2H,(H,5,6)(H,7,8)/b;;2-1-. The number of hydrogen-bond acceptors (Lipinski definition) is 12. The molecule has 0 saturated heterocycles. The summed E-state index contributed by atoms with van der Waals surface area (Å²) in [7, 11) is 0. The average molecular weight is 505 g/mol. The van der Waals surface area contributed by atoms with Gasteiger partial charge in [0.2, 0.25) is 0 Å². The van der Waals surface area contributed by atoms with E-state index in [2.05, 4.69) is 0 Å². The van der Waals surface area contributed by atoms with Crippen LogP contribution in [0.1, 0.15) is 0 Å². The second kappa shape index (κ2) is 35.9. The normalized spacial score (nSPS) is 10.4. The smallest absolute Gasteiger partial charge is 0.328 e. The molecule has 0 atom stereocenters. The van der Waals surface area contributed by atoms with Crippen molar-refractivity contribution in [3.63, 3.8) is 0 Å². The molecular weight excluding hydrogens is 464 g/mol. The van der Waals surface area contributed by atoms with Gasteiger partial charge in [-0.2, -0.15) is 0 Å². The first-order valence-corrected chi connectivity index (χ1v) is 10.5. The molecule has 6 N–H and O–H groups in total. The number of hydrogen-bond donors (Lipinski definition) is 6. The Morgan fingerprint density at radius 3 is 0.735 bits per heavy atom. The van der Waals surface area contributed by atoms with Gasteiger partial charge in [-0.15, -0.1) is 0 Å². The molecule has 0 heterocycles. The third-order valence-electron chi connectivity index (χ3n) is 2.80. The van der Waals surface area contributed by atoms with Crippen LogP contribution in [0.4, 0.5) is 0 Å². The molecule has 0 unspecified atom stereocenters. The number of carboxylic acids is 2. The molecule has 0 radical (unpaired) electrons. The average Bonchev–Trinajstić information content (AvgIpc) is 2.81. The van der Waals surface area contributed by atoms with Gasteiger partial charge in [-0.3, -0.25) is 0 Å². The SMILES string of the molecule is O=C(O)/C=C\C(=O)O.OCCOCCOCCOCCO.OCCOCCOCCOCCO. The Labute approximate surface area is 199 Å². The topological polar surface area (TPSA) is 211 Å². The van der Waals surface area contributed by atoms with Crippen molar-refractivity contribution in [1.29, 1.82) is 0 Å². The number of rotatable bonds is 22. The maximum Gasteiger partial charge on any atom is 0.328 e. The lowest BCUT2D eigenvalue weighted by Gasteiger charge is -2.04. The molecule has 0 bridgehead atoms. The van der Waals surface area contributed by atoms with E-state index in [1.165, 1.54) is 0 Å². The van der Waals surface area contributed by atoms with E-state index in [0.29, 0.717) is 91.4 Å². The summed E-state index contributed by atoms with van der Waals surface area (Å²) in [6.07, 6.45) is 1.12. The minimum Gasteiger partial charge on any atom is -0.478 e.